The topological polar surface area (TPSA) is 104 Å². The Morgan fingerprint density at radius 2 is 2.15 bits per heavy atom. The zero-order valence-corrected chi connectivity index (χ0v) is 12.4. The first kappa shape index (κ1) is 16.4. The maximum atomic E-state index is 11.6. The maximum absolute atomic E-state index is 11.6. The summed E-state index contributed by atoms with van der Waals surface area (Å²) in [5, 5.41) is 18.3. The zero-order chi connectivity index (χ0) is 15.0. The molecule has 1 aromatic rings. The Labute approximate surface area is 121 Å². The minimum Gasteiger partial charge on any atom is -0.481 e. The Kier molecular flexibility index (Phi) is 6.92. The first-order valence-corrected chi connectivity index (χ1v) is 7.30. The maximum Gasteiger partial charge on any atom is 0.319 e. The Hall–Kier alpha value is -1.70. The van der Waals surface area contributed by atoms with E-state index < -0.39 is 5.97 Å². The molecule has 2 amide bonds. The summed E-state index contributed by atoms with van der Waals surface area (Å²) in [5.74, 6) is -0.0968. The number of carboxylic acids is 1. The van der Waals surface area contributed by atoms with E-state index in [1.807, 2.05) is 0 Å². The van der Waals surface area contributed by atoms with Gasteiger partial charge in [0.15, 0.2) is 0 Å². The molecule has 0 saturated carbocycles. The van der Waals surface area contributed by atoms with Crippen LogP contribution in [-0.4, -0.2) is 33.2 Å². The molecule has 0 aliphatic carbocycles. The monoisotopic (exact) mass is 300 g/mol. The van der Waals surface area contributed by atoms with E-state index in [9.17, 15) is 9.59 Å². The van der Waals surface area contributed by atoms with Gasteiger partial charge in [-0.2, -0.15) is 0 Å². The normalized spacial score (nSPS) is 12.2. The van der Waals surface area contributed by atoms with Crippen LogP contribution in [0.25, 0.3) is 0 Å². The third-order valence-corrected chi connectivity index (χ3v) is 3.65. The van der Waals surface area contributed by atoms with Gasteiger partial charge in [-0.05, 0) is 24.7 Å². The molecule has 112 valence electrons. The lowest BCUT2D eigenvalue weighted by Gasteiger charge is -2.20. The van der Waals surface area contributed by atoms with Crippen molar-refractivity contribution in [3.8, 4) is 0 Å². The predicted molar refractivity (Wildman–Crippen MR) is 76.7 cm³/mol. The van der Waals surface area contributed by atoms with E-state index in [0.29, 0.717) is 23.9 Å². The Balaban J connectivity index is 2.25. The van der Waals surface area contributed by atoms with Crippen molar-refractivity contribution in [2.24, 2.45) is 11.8 Å². The quantitative estimate of drug-likeness (QED) is 0.682. The van der Waals surface area contributed by atoms with Crippen LogP contribution in [0.5, 0.6) is 0 Å². The number of carbonyl (C=O) groups is 2. The number of nitrogens with zero attached hydrogens (tertiary/aromatic N) is 2. The molecule has 7 nitrogen and oxygen atoms in total. The minimum absolute atomic E-state index is 0.168. The molecule has 1 aromatic heterocycles. The van der Waals surface area contributed by atoms with Gasteiger partial charge in [0, 0.05) is 24.5 Å². The molecule has 0 aliphatic heterocycles. The summed E-state index contributed by atoms with van der Waals surface area (Å²) in [4.78, 5) is 22.2. The second-order valence-electron chi connectivity index (χ2n) is 4.89. The second-order valence-corrected chi connectivity index (χ2v) is 5.67. The van der Waals surface area contributed by atoms with E-state index in [-0.39, 0.29) is 18.4 Å². The van der Waals surface area contributed by atoms with E-state index in [1.165, 1.54) is 6.20 Å². The molecule has 0 aromatic carbocycles. The van der Waals surface area contributed by atoms with Crippen LogP contribution < -0.4 is 10.6 Å². The molecular formula is C12H20N4O3S. The lowest BCUT2D eigenvalue weighted by Crippen LogP contribution is -2.31. The summed E-state index contributed by atoms with van der Waals surface area (Å²) in [7, 11) is 0. The summed E-state index contributed by atoms with van der Waals surface area (Å²) >= 11 is 1.11. The van der Waals surface area contributed by atoms with Crippen molar-refractivity contribution in [2.75, 3.05) is 11.9 Å². The van der Waals surface area contributed by atoms with Gasteiger partial charge in [0.1, 0.15) is 5.00 Å². The molecule has 1 rings (SSSR count). The van der Waals surface area contributed by atoms with Gasteiger partial charge < -0.3 is 10.4 Å². The Morgan fingerprint density at radius 3 is 2.70 bits per heavy atom. The first-order chi connectivity index (χ1) is 9.49. The molecule has 1 unspecified atom stereocenters. The van der Waals surface area contributed by atoms with E-state index in [2.05, 4.69) is 34.1 Å². The number of hydrogen-bond acceptors (Lipinski definition) is 5. The standard InChI is InChI=1S/C12H20N4O3S/c1-8(2)9(3-4-11(17)18)5-6-13-12(19)15-10-7-14-16-20-10/h7-9H,3-6H2,1-2H3,(H,17,18)(H2,13,15,19). The van der Waals surface area contributed by atoms with E-state index in [0.717, 1.165) is 18.0 Å². The lowest BCUT2D eigenvalue weighted by atomic mass is 9.88. The molecule has 1 atom stereocenters. The van der Waals surface area contributed by atoms with Crippen LogP contribution in [0.3, 0.4) is 0 Å². The molecule has 0 aliphatic rings. The summed E-state index contributed by atoms with van der Waals surface area (Å²) in [5.41, 5.74) is 0. The van der Waals surface area contributed by atoms with Gasteiger partial charge in [0.05, 0.1) is 6.20 Å². The fraction of sp³-hybridized carbons (Fsp3) is 0.667. The number of amides is 2. The molecule has 0 radical (unpaired) electrons. The first-order valence-electron chi connectivity index (χ1n) is 6.53. The van der Waals surface area contributed by atoms with Crippen molar-refractivity contribution in [1.82, 2.24) is 14.9 Å². The van der Waals surface area contributed by atoms with Gasteiger partial charge >= 0.3 is 12.0 Å². The van der Waals surface area contributed by atoms with E-state index >= 15 is 0 Å². The molecule has 0 fully saturated rings. The van der Waals surface area contributed by atoms with Crippen LogP contribution in [-0.2, 0) is 4.79 Å². The van der Waals surface area contributed by atoms with Crippen molar-refractivity contribution < 1.29 is 14.7 Å². The molecule has 0 bridgehead atoms. The van der Waals surface area contributed by atoms with Crippen LogP contribution in [0.4, 0.5) is 9.80 Å². The van der Waals surface area contributed by atoms with Crippen LogP contribution in [0.1, 0.15) is 33.1 Å². The minimum atomic E-state index is -0.779. The van der Waals surface area contributed by atoms with Crippen molar-refractivity contribution in [3.05, 3.63) is 6.20 Å². The van der Waals surface area contributed by atoms with Crippen LogP contribution in [0.2, 0.25) is 0 Å². The predicted octanol–water partition coefficient (Wildman–Crippen LogP) is 2.19. The number of rotatable bonds is 8. The third kappa shape index (κ3) is 6.46. The van der Waals surface area contributed by atoms with Crippen molar-refractivity contribution in [2.45, 2.75) is 33.1 Å². The highest BCUT2D eigenvalue weighted by Crippen LogP contribution is 2.20. The van der Waals surface area contributed by atoms with Gasteiger partial charge in [-0.1, -0.05) is 18.3 Å². The largest absolute Gasteiger partial charge is 0.481 e. The molecule has 1 heterocycles. The average molecular weight is 300 g/mol. The molecule has 8 heteroatoms. The van der Waals surface area contributed by atoms with Gasteiger partial charge in [-0.25, -0.2) is 4.79 Å². The fourth-order valence-corrected chi connectivity index (χ4v) is 2.28. The second kappa shape index (κ2) is 8.47. The number of anilines is 1. The van der Waals surface area contributed by atoms with Crippen molar-refractivity contribution >= 4 is 28.5 Å². The Bertz CT molecular complexity index is 422. The number of aromatic nitrogens is 2. The average Bonchev–Trinajstić information content (AvgIpc) is 2.85. The van der Waals surface area contributed by atoms with Crippen molar-refractivity contribution in [1.29, 1.82) is 0 Å². The number of urea groups is 1. The fourth-order valence-electron chi connectivity index (χ4n) is 1.87. The number of carboxylic acid groups (broad SMARTS) is 1. The van der Waals surface area contributed by atoms with Gasteiger partial charge in [0.2, 0.25) is 0 Å². The number of nitrogens with one attached hydrogen (secondary N) is 2. The summed E-state index contributed by atoms with van der Waals surface area (Å²) in [6, 6.07) is -0.295. The molecule has 20 heavy (non-hydrogen) atoms. The number of aliphatic carboxylic acids is 1. The van der Waals surface area contributed by atoms with Gasteiger partial charge in [0.25, 0.3) is 0 Å². The Morgan fingerprint density at radius 1 is 1.40 bits per heavy atom. The van der Waals surface area contributed by atoms with Crippen LogP contribution in [0.15, 0.2) is 6.20 Å². The SMILES string of the molecule is CC(C)C(CCNC(=O)Nc1cnns1)CCC(=O)O. The third-order valence-electron chi connectivity index (χ3n) is 3.07. The highest BCUT2D eigenvalue weighted by molar-refractivity contribution is 7.10. The number of carbonyl (C=O) groups excluding carboxylic acids is 1. The highest BCUT2D eigenvalue weighted by Gasteiger charge is 2.15. The van der Waals surface area contributed by atoms with E-state index in [4.69, 9.17) is 5.11 Å². The molecule has 0 saturated heterocycles. The lowest BCUT2D eigenvalue weighted by molar-refractivity contribution is -0.137. The highest BCUT2D eigenvalue weighted by atomic mass is 32.1. The summed E-state index contributed by atoms with van der Waals surface area (Å²) in [6.45, 7) is 4.64. The van der Waals surface area contributed by atoms with Crippen LogP contribution in [0, 0.1) is 11.8 Å². The molecular weight excluding hydrogens is 280 g/mol. The van der Waals surface area contributed by atoms with Gasteiger partial charge in [-0.3, -0.25) is 10.1 Å². The smallest absolute Gasteiger partial charge is 0.319 e. The summed E-state index contributed by atoms with van der Waals surface area (Å²) < 4.78 is 3.64. The zero-order valence-electron chi connectivity index (χ0n) is 11.6. The number of hydrogen-bond donors (Lipinski definition) is 3. The summed E-state index contributed by atoms with van der Waals surface area (Å²) in [6.07, 6.45) is 3.05. The van der Waals surface area contributed by atoms with Crippen molar-refractivity contribution in [3.63, 3.8) is 0 Å². The van der Waals surface area contributed by atoms with Gasteiger partial charge in [-0.15, -0.1) is 5.10 Å². The van der Waals surface area contributed by atoms with E-state index in [1.54, 1.807) is 0 Å². The van der Waals surface area contributed by atoms with Crippen LogP contribution >= 0.6 is 11.5 Å². The molecule has 3 N–H and O–H groups in total. The molecule has 0 spiro atoms.